The van der Waals surface area contributed by atoms with E-state index in [0.717, 1.165) is 37.7 Å². The van der Waals surface area contributed by atoms with Gasteiger partial charge in [0.05, 0.1) is 36.0 Å². The molecule has 2 aliphatic rings. The Kier molecular flexibility index (Phi) is 5.95. The molecule has 2 aromatic heterocycles. The van der Waals surface area contributed by atoms with E-state index < -0.39 is 5.82 Å². The number of pyridine rings is 1. The van der Waals surface area contributed by atoms with Crippen molar-refractivity contribution >= 4 is 16.9 Å². The van der Waals surface area contributed by atoms with Gasteiger partial charge in [0.1, 0.15) is 22.9 Å². The molecule has 1 amide bonds. The minimum Gasteiger partial charge on any atom is -0.272 e. The molecule has 3 aromatic rings. The van der Waals surface area contributed by atoms with Crippen LogP contribution in [0.5, 0.6) is 0 Å². The van der Waals surface area contributed by atoms with Crippen molar-refractivity contribution in [3.05, 3.63) is 59.2 Å². The first-order valence-corrected chi connectivity index (χ1v) is 11.4. The molecule has 1 atom stereocenters. The summed E-state index contributed by atoms with van der Waals surface area (Å²) < 4.78 is 15.8. The fourth-order valence-electron chi connectivity index (χ4n) is 5.00. The lowest BCUT2D eigenvalue weighted by atomic mass is 9.81. The van der Waals surface area contributed by atoms with E-state index in [-0.39, 0.29) is 23.4 Å². The van der Waals surface area contributed by atoms with Crippen molar-refractivity contribution in [1.82, 2.24) is 19.8 Å². The molecule has 3 heterocycles. The van der Waals surface area contributed by atoms with Gasteiger partial charge in [-0.25, -0.2) is 9.45 Å². The molecule has 1 aliphatic heterocycles. The number of carbonyl (C=O) groups is 1. The van der Waals surface area contributed by atoms with E-state index in [1.54, 1.807) is 18.3 Å². The summed E-state index contributed by atoms with van der Waals surface area (Å²) in [6.07, 6.45) is 7.29. The van der Waals surface area contributed by atoms with Crippen LogP contribution in [0.4, 0.5) is 4.39 Å². The third-order valence-electron chi connectivity index (χ3n) is 6.73. The number of halogens is 1. The van der Waals surface area contributed by atoms with Crippen LogP contribution in [0.3, 0.4) is 0 Å². The van der Waals surface area contributed by atoms with Crippen molar-refractivity contribution in [3.63, 3.8) is 0 Å². The van der Waals surface area contributed by atoms with Crippen LogP contribution in [0.1, 0.15) is 54.8 Å². The summed E-state index contributed by atoms with van der Waals surface area (Å²) >= 11 is 0. The van der Waals surface area contributed by atoms with Crippen LogP contribution < -0.4 is 0 Å². The Labute approximate surface area is 196 Å². The maximum absolute atomic E-state index is 14.0. The number of nitriles is 2. The van der Waals surface area contributed by atoms with E-state index in [1.165, 1.54) is 17.2 Å². The molecule has 172 valence electrons. The van der Waals surface area contributed by atoms with Gasteiger partial charge in [0, 0.05) is 25.1 Å². The Morgan fingerprint density at radius 3 is 2.62 bits per heavy atom. The zero-order valence-electron chi connectivity index (χ0n) is 18.5. The third-order valence-corrected chi connectivity index (χ3v) is 6.73. The summed E-state index contributed by atoms with van der Waals surface area (Å²) in [6.45, 7) is 1.13. The lowest BCUT2D eigenvalue weighted by Crippen LogP contribution is -2.37. The maximum Gasteiger partial charge on any atom is 0.249 e. The Hall–Kier alpha value is -3.82. The molecule has 5 rings (SSSR count). The summed E-state index contributed by atoms with van der Waals surface area (Å²) in [5, 5.41) is 24.1. The number of aromatic nitrogens is 3. The van der Waals surface area contributed by atoms with Crippen molar-refractivity contribution in [2.45, 2.75) is 44.7 Å². The predicted octanol–water partition coefficient (Wildman–Crippen LogP) is 4.03. The SMILES string of the molecule is N#Cc1cc(F)cc([C@@H]2CCON2C(=O)C2CCC(Cn3cc4ncc(C#N)cc4n3)CC2)c1. The minimum absolute atomic E-state index is 0.0678. The summed E-state index contributed by atoms with van der Waals surface area (Å²) in [7, 11) is 0. The normalized spacial score (nSPS) is 22.4. The first-order chi connectivity index (χ1) is 16.5. The van der Waals surface area contributed by atoms with E-state index in [2.05, 4.69) is 16.2 Å². The highest BCUT2D eigenvalue weighted by Gasteiger charge is 2.37. The second-order valence-corrected chi connectivity index (χ2v) is 9.00. The fraction of sp³-hybridized carbons (Fsp3) is 0.400. The van der Waals surface area contributed by atoms with Gasteiger partial charge in [-0.3, -0.25) is 19.3 Å². The zero-order chi connectivity index (χ0) is 23.7. The van der Waals surface area contributed by atoms with Crippen LogP contribution in [0.2, 0.25) is 0 Å². The molecular weight excluding hydrogens is 435 g/mol. The van der Waals surface area contributed by atoms with Crippen molar-refractivity contribution < 1.29 is 14.0 Å². The summed E-state index contributed by atoms with van der Waals surface area (Å²) in [4.78, 5) is 23.2. The molecule has 9 heteroatoms. The van der Waals surface area contributed by atoms with Crippen molar-refractivity contribution in [2.24, 2.45) is 11.8 Å². The first-order valence-electron chi connectivity index (χ1n) is 11.4. The highest BCUT2D eigenvalue weighted by Crippen LogP contribution is 2.37. The Morgan fingerprint density at radius 2 is 1.85 bits per heavy atom. The van der Waals surface area contributed by atoms with Crippen LogP contribution in [0.25, 0.3) is 11.0 Å². The molecule has 1 saturated heterocycles. The number of rotatable bonds is 4. The van der Waals surface area contributed by atoms with Crippen LogP contribution in [-0.2, 0) is 16.2 Å². The molecule has 0 radical (unpaired) electrons. The second-order valence-electron chi connectivity index (χ2n) is 9.00. The highest BCUT2D eigenvalue weighted by molar-refractivity contribution is 5.78. The van der Waals surface area contributed by atoms with Gasteiger partial charge in [0.2, 0.25) is 5.91 Å². The molecule has 0 bridgehead atoms. The van der Waals surface area contributed by atoms with Crippen LogP contribution >= 0.6 is 0 Å². The van der Waals surface area contributed by atoms with Gasteiger partial charge in [-0.05, 0) is 61.4 Å². The molecule has 0 unspecified atom stereocenters. The largest absolute Gasteiger partial charge is 0.272 e. The van der Waals surface area contributed by atoms with E-state index in [9.17, 15) is 9.18 Å². The maximum atomic E-state index is 14.0. The number of hydroxylamine groups is 2. The fourth-order valence-corrected chi connectivity index (χ4v) is 5.00. The van der Waals surface area contributed by atoms with E-state index in [1.807, 2.05) is 16.9 Å². The topological polar surface area (TPSA) is 108 Å². The second kappa shape index (κ2) is 9.20. The summed E-state index contributed by atoms with van der Waals surface area (Å²) in [6, 6.07) is 9.59. The Bertz CT molecular complexity index is 1320. The highest BCUT2D eigenvalue weighted by atomic mass is 19.1. The van der Waals surface area contributed by atoms with Gasteiger partial charge >= 0.3 is 0 Å². The van der Waals surface area contributed by atoms with E-state index in [4.69, 9.17) is 15.4 Å². The molecule has 1 aromatic carbocycles. The molecule has 8 nitrogen and oxygen atoms in total. The van der Waals surface area contributed by atoms with Gasteiger partial charge in [0.15, 0.2) is 0 Å². The molecule has 34 heavy (non-hydrogen) atoms. The van der Waals surface area contributed by atoms with Gasteiger partial charge in [-0.2, -0.15) is 15.6 Å². The summed E-state index contributed by atoms with van der Waals surface area (Å²) in [5.74, 6) is -0.302. The molecule has 1 aliphatic carbocycles. The predicted molar refractivity (Wildman–Crippen MR) is 119 cm³/mol. The van der Waals surface area contributed by atoms with E-state index >= 15 is 0 Å². The van der Waals surface area contributed by atoms with Gasteiger partial charge in [-0.15, -0.1) is 0 Å². The smallest absolute Gasteiger partial charge is 0.249 e. The van der Waals surface area contributed by atoms with Crippen molar-refractivity contribution in [2.75, 3.05) is 6.61 Å². The number of carbonyl (C=O) groups excluding carboxylic acids is 1. The van der Waals surface area contributed by atoms with Crippen molar-refractivity contribution in [3.8, 4) is 12.1 Å². The first kappa shape index (κ1) is 22.0. The number of hydrogen-bond donors (Lipinski definition) is 0. The van der Waals surface area contributed by atoms with Gasteiger partial charge in [0.25, 0.3) is 0 Å². The number of hydrogen-bond acceptors (Lipinski definition) is 6. The quantitative estimate of drug-likeness (QED) is 0.584. The molecule has 2 fully saturated rings. The molecule has 0 N–H and O–H groups in total. The number of amides is 1. The average Bonchev–Trinajstić information content (AvgIpc) is 3.50. The Morgan fingerprint density at radius 1 is 1.06 bits per heavy atom. The van der Waals surface area contributed by atoms with Gasteiger partial charge in [-0.1, -0.05) is 0 Å². The standard InChI is InChI=1S/C25H23FN6O2/c26-21-8-17(11-27)7-20(10-21)24-5-6-34-32(24)25(33)19-3-1-16(2-4-19)14-31-15-23-22(30-31)9-18(12-28)13-29-23/h7-10,13,15-16,19,24H,1-6,14H2/t16?,19?,24-/m0/s1. The molecular formula is C25H23FN6O2. The molecule has 0 spiro atoms. The number of fused-ring (bicyclic) bond motifs is 1. The lowest BCUT2D eigenvalue weighted by molar-refractivity contribution is -0.183. The number of benzene rings is 1. The average molecular weight is 458 g/mol. The molecule has 1 saturated carbocycles. The van der Waals surface area contributed by atoms with Crippen molar-refractivity contribution in [1.29, 1.82) is 10.5 Å². The van der Waals surface area contributed by atoms with Crippen LogP contribution in [0, 0.1) is 40.3 Å². The lowest BCUT2D eigenvalue weighted by Gasteiger charge is -2.32. The van der Waals surface area contributed by atoms with Crippen LogP contribution in [-0.4, -0.2) is 32.3 Å². The van der Waals surface area contributed by atoms with Gasteiger partial charge < -0.3 is 0 Å². The number of nitrogens with zero attached hydrogens (tertiary/aromatic N) is 6. The Balaban J connectivity index is 1.21. The monoisotopic (exact) mass is 458 g/mol. The third kappa shape index (κ3) is 4.35. The van der Waals surface area contributed by atoms with E-state index in [0.29, 0.717) is 35.6 Å². The minimum atomic E-state index is -0.487. The summed E-state index contributed by atoms with van der Waals surface area (Å²) in [5.41, 5.74) is 2.78. The van der Waals surface area contributed by atoms with Crippen LogP contribution in [0.15, 0.2) is 36.7 Å². The zero-order valence-corrected chi connectivity index (χ0v) is 18.5.